The number of fused-ring (bicyclic) bond motifs is 1. The molecule has 1 heterocycles. The Hall–Kier alpha value is -1.10. The van der Waals surface area contributed by atoms with Crippen LogP contribution in [0, 0.1) is 5.82 Å². The van der Waals surface area contributed by atoms with Crippen LogP contribution in [0.15, 0.2) is 22.8 Å². The minimum Gasteiger partial charge on any atom is -0.461 e. The molecule has 5 heteroatoms. The molecule has 0 aliphatic heterocycles. The maximum atomic E-state index is 13.6. The van der Waals surface area contributed by atoms with Crippen LogP contribution >= 0.6 is 11.6 Å². The Morgan fingerprint density at radius 1 is 1.47 bits per heavy atom. The first-order chi connectivity index (χ1) is 8.24. The summed E-state index contributed by atoms with van der Waals surface area (Å²) in [5.74, 6) is -0.507. The van der Waals surface area contributed by atoms with Crippen molar-refractivity contribution in [1.29, 1.82) is 0 Å². The Balaban J connectivity index is 2.16. The van der Waals surface area contributed by atoms with Crippen LogP contribution < -0.4 is 5.32 Å². The van der Waals surface area contributed by atoms with E-state index in [0.717, 1.165) is 17.5 Å². The minimum atomic E-state index is -0.507. The van der Waals surface area contributed by atoms with Gasteiger partial charge >= 0.3 is 0 Å². The highest BCUT2D eigenvalue weighted by atomic mass is 35.5. The van der Waals surface area contributed by atoms with E-state index in [9.17, 15) is 4.39 Å². The van der Waals surface area contributed by atoms with Crippen molar-refractivity contribution in [3.8, 4) is 0 Å². The van der Waals surface area contributed by atoms with Gasteiger partial charge in [0.1, 0.15) is 0 Å². The van der Waals surface area contributed by atoms with E-state index in [4.69, 9.17) is 20.8 Å². The third kappa shape index (κ3) is 2.60. The molecule has 0 radical (unpaired) electrons. The number of hydrogen-bond donors (Lipinski definition) is 1. The number of rotatable bonds is 5. The molecule has 0 saturated heterocycles. The lowest BCUT2D eigenvalue weighted by molar-refractivity contribution is 0.199. The highest BCUT2D eigenvalue weighted by Crippen LogP contribution is 2.28. The zero-order valence-electron chi connectivity index (χ0n) is 9.43. The Labute approximate surface area is 103 Å². The topological polar surface area (TPSA) is 34.4 Å². The van der Waals surface area contributed by atoms with E-state index in [0.29, 0.717) is 13.2 Å². The highest BCUT2D eigenvalue weighted by Gasteiger charge is 2.12. The van der Waals surface area contributed by atoms with Crippen LogP contribution in [0.1, 0.15) is 5.56 Å². The van der Waals surface area contributed by atoms with E-state index < -0.39 is 5.82 Å². The average molecular weight is 258 g/mol. The van der Waals surface area contributed by atoms with Crippen molar-refractivity contribution < 1.29 is 13.5 Å². The fraction of sp³-hybridized carbons (Fsp3) is 0.333. The van der Waals surface area contributed by atoms with Crippen molar-refractivity contribution in [1.82, 2.24) is 5.32 Å². The zero-order chi connectivity index (χ0) is 12.3. The van der Waals surface area contributed by atoms with Crippen molar-refractivity contribution in [2.24, 2.45) is 0 Å². The molecule has 0 bridgehead atoms. The van der Waals surface area contributed by atoms with E-state index >= 15 is 0 Å². The van der Waals surface area contributed by atoms with E-state index in [1.54, 1.807) is 19.4 Å². The van der Waals surface area contributed by atoms with Gasteiger partial charge < -0.3 is 14.5 Å². The molecule has 0 unspecified atom stereocenters. The van der Waals surface area contributed by atoms with Gasteiger partial charge in [-0.15, -0.1) is 0 Å². The molecule has 1 aromatic heterocycles. The summed E-state index contributed by atoms with van der Waals surface area (Å²) in [4.78, 5) is 0. The summed E-state index contributed by atoms with van der Waals surface area (Å²) in [5, 5.41) is 4.00. The van der Waals surface area contributed by atoms with Crippen LogP contribution in [0.25, 0.3) is 11.0 Å². The first kappa shape index (κ1) is 12.4. The number of furan rings is 1. The molecule has 1 aromatic carbocycles. The largest absolute Gasteiger partial charge is 0.461 e. The predicted molar refractivity (Wildman–Crippen MR) is 64.8 cm³/mol. The van der Waals surface area contributed by atoms with Crippen molar-refractivity contribution in [3.05, 3.63) is 34.8 Å². The summed E-state index contributed by atoms with van der Waals surface area (Å²) in [5.41, 5.74) is 1.12. The molecular weight excluding hydrogens is 245 g/mol. The average Bonchev–Trinajstić information content (AvgIpc) is 2.73. The number of hydrogen-bond acceptors (Lipinski definition) is 3. The molecule has 0 saturated carbocycles. The van der Waals surface area contributed by atoms with Gasteiger partial charge in [-0.3, -0.25) is 0 Å². The van der Waals surface area contributed by atoms with Crippen LogP contribution in [0.2, 0.25) is 5.02 Å². The SMILES string of the molecule is COCCNCc1coc2c(F)c(Cl)ccc12. The molecule has 92 valence electrons. The second kappa shape index (κ2) is 5.49. The first-order valence-electron chi connectivity index (χ1n) is 5.27. The van der Waals surface area contributed by atoms with Crippen LogP contribution in [-0.4, -0.2) is 20.3 Å². The molecule has 0 atom stereocenters. The maximum Gasteiger partial charge on any atom is 0.184 e. The molecule has 0 aliphatic rings. The van der Waals surface area contributed by atoms with Crippen LogP contribution in [0.3, 0.4) is 0 Å². The van der Waals surface area contributed by atoms with Gasteiger partial charge in [-0.2, -0.15) is 0 Å². The fourth-order valence-electron chi connectivity index (χ4n) is 1.63. The molecule has 0 aliphatic carbocycles. The molecule has 0 amide bonds. The minimum absolute atomic E-state index is 0.0748. The Bertz CT molecular complexity index is 512. The van der Waals surface area contributed by atoms with Gasteiger partial charge in [0.15, 0.2) is 11.4 Å². The smallest absolute Gasteiger partial charge is 0.184 e. The normalized spacial score (nSPS) is 11.2. The Morgan fingerprint density at radius 3 is 3.06 bits per heavy atom. The lowest BCUT2D eigenvalue weighted by atomic mass is 10.1. The third-order valence-electron chi connectivity index (χ3n) is 2.51. The van der Waals surface area contributed by atoms with Gasteiger partial charge in [0.2, 0.25) is 0 Å². The second-order valence-electron chi connectivity index (χ2n) is 3.67. The van der Waals surface area contributed by atoms with Gasteiger partial charge in [0, 0.05) is 31.1 Å². The van der Waals surface area contributed by atoms with Gasteiger partial charge in [-0.1, -0.05) is 11.6 Å². The third-order valence-corrected chi connectivity index (χ3v) is 2.81. The lowest BCUT2D eigenvalue weighted by Gasteiger charge is -2.02. The maximum absolute atomic E-state index is 13.6. The summed E-state index contributed by atoms with van der Waals surface area (Å²) in [6.07, 6.45) is 1.55. The molecule has 17 heavy (non-hydrogen) atoms. The number of benzene rings is 1. The highest BCUT2D eigenvalue weighted by molar-refractivity contribution is 6.31. The van der Waals surface area contributed by atoms with Gasteiger partial charge in [0.05, 0.1) is 17.9 Å². The van der Waals surface area contributed by atoms with Gasteiger partial charge in [-0.05, 0) is 12.1 Å². The van der Waals surface area contributed by atoms with Crippen LogP contribution in [0.5, 0.6) is 0 Å². The summed E-state index contributed by atoms with van der Waals surface area (Å²) in [6.45, 7) is 1.98. The molecular formula is C12H13ClFNO2. The molecule has 2 rings (SSSR count). The number of ether oxygens (including phenoxy) is 1. The molecule has 2 aromatic rings. The number of halogens is 2. The summed E-state index contributed by atoms with van der Waals surface area (Å²) >= 11 is 5.68. The molecule has 0 spiro atoms. The van der Waals surface area contributed by atoms with Crippen molar-refractivity contribution in [3.63, 3.8) is 0 Å². The second-order valence-corrected chi connectivity index (χ2v) is 4.08. The van der Waals surface area contributed by atoms with E-state index in [1.807, 2.05) is 0 Å². The van der Waals surface area contributed by atoms with Crippen molar-refractivity contribution in [2.75, 3.05) is 20.3 Å². The van der Waals surface area contributed by atoms with Crippen LogP contribution in [0.4, 0.5) is 4.39 Å². The first-order valence-corrected chi connectivity index (χ1v) is 5.65. The van der Waals surface area contributed by atoms with E-state index in [-0.39, 0.29) is 10.6 Å². The summed E-state index contributed by atoms with van der Waals surface area (Å²) < 4.78 is 23.7. The standard InChI is InChI=1S/C12H13ClFNO2/c1-16-5-4-15-6-8-7-17-12-9(8)2-3-10(13)11(12)14/h2-3,7,15H,4-6H2,1H3. The molecule has 1 N–H and O–H groups in total. The zero-order valence-corrected chi connectivity index (χ0v) is 10.2. The number of methoxy groups -OCH3 is 1. The molecule has 0 fully saturated rings. The van der Waals surface area contributed by atoms with E-state index in [2.05, 4.69) is 5.32 Å². The Kier molecular flexibility index (Phi) is 3.99. The quantitative estimate of drug-likeness (QED) is 0.837. The number of nitrogens with one attached hydrogen (secondary N) is 1. The summed E-state index contributed by atoms with van der Waals surface area (Å²) in [6, 6.07) is 3.30. The van der Waals surface area contributed by atoms with Gasteiger partial charge in [0.25, 0.3) is 0 Å². The van der Waals surface area contributed by atoms with Gasteiger partial charge in [-0.25, -0.2) is 4.39 Å². The summed E-state index contributed by atoms with van der Waals surface area (Å²) in [7, 11) is 1.65. The van der Waals surface area contributed by atoms with Crippen LogP contribution in [-0.2, 0) is 11.3 Å². The predicted octanol–water partition coefficient (Wildman–Crippen LogP) is 2.96. The van der Waals surface area contributed by atoms with Crippen molar-refractivity contribution in [2.45, 2.75) is 6.54 Å². The van der Waals surface area contributed by atoms with Crippen molar-refractivity contribution >= 4 is 22.6 Å². The van der Waals surface area contributed by atoms with E-state index in [1.165, 1.54) is 6.07 Å². The lowest BCUT2D eigenvalue weighted by Crippen LogP contribution is -2.18. The molecule has 3 nitrogen and oxygen atoms in total. The Morgan fingerprint density at radius 2 is 2.29 bits per heavy atom. The fourth-order valence-corrected chi connectivity index (χ4v) is 1.78. The monoisotopic (exact) mass is 257 g/mol.